The normalized spacial score (nSPS) is 16.4. The van der Waals surface area contributed by atoms with E-state index in [4.69, 9.17) is 5.73 Å². The van der Waals surface area contributed by atoms with E-state index >= 15 is 0 Å². The zero-order valence-electron chi connectivity index (χ0n) is 7.40. The first kappa shape index (κ1) is 9.71. The largest absolute Gasteiger partial charge is 0.386 e. The van der Waals surface area contributed by atoms with Crippen molar-refractivity contribution in [3.8, 4) is 0 Å². The van der Waals surface area contributed by atoms with Gasteiger partial charge in [-0.25, -0.2) is 0 Å². The molecule has 0 aliphatic rings. The number of hydrogen-bond donors (Lipinski definition) is 2. The van der Waals surface area contributed by atoms with Crippen LogP contribution in [-0.2, 0) is 0 Å². The van der Waals surface area contributed by atoms with Gasteiger partial charge in [0.15, 0.2) is 0 Å². The molecular weight excluding hydrogens is 170 g/mol. The lowest BCUT2D eigenvalue weighted by atomic mass is 9.99. The summed E-state index contributed by atoms with van der Waals surface area (Å²) in [4.78, 5) is 0.955. The third kappa shape index (κ3) is 2.06. The molecule has 0 aliphatic heterocycles. The first-order valence-corrected chi connectivity index (χ1v) is 4.98. The first-order valence-electron chi connectivity index (χ1n) is 4.10. The van der Waals surface area contributed by atoms with Gasteiger partial charge in [-0.3, -0.25) is 0 Å². The summed E-state index contributed by atoms with van der Waals surface area (Å²) in [5.74, 6) is 0.307. The van der Waals surface area contributed by atoms with E-state index in [-0.39, 0.29) is 6.04 Å². The fourth-order valence-corrected chi connectivity index (χ4v) is 1.78. The number of thiophene rings is 1. The van der Waals surface area contributed by atoms with E-state index in [0.29, 0.717) is 5.92 Å². The number of rotatable bonds is 3. The summed E-state index contributed by atoms with van der Waals surface area (Å²) in [6.07, 6.45) is -0.509. The summed E-state index contributed by atoms with van der Waals surface area (Å²) in [6.45, 7) is 4.03. The lowest BCUT2D eigenvalue weighted by Gasteiger charge is -2.20. The van der Waals surface area contributed by atoms with Crippen molar-refractivity contribution in [1.82, 2.24) is 0 Å². The van der Waals surface area contributed by atoms with E-state index in [9.17, 15) is 5.11 Å². The maximum absolute atomic E-state index is 9.73. The van der Waals surface area contributed by atoms with Crippen molar-refractivity contribution in [2.24, 2.45) is 11.7 Å². The first-order chi connectivity index (χ1) is 5.63. The van der Waals surface area contributed by atoms with Gasteiger partial charge in [-0.15, -0.1) is 11.3 Å². The van der Waals surface area contributed by atoms with Crippen molar-refractivity contribution in [1.29, 1.82) is 0 Å². The second kappa shape index (κ2) is 4.03. The summed E-state index contributed by atoms with van der Waals surface area (Å²) in [5, 5.41) is 11.7. The van der Waals surface area contributed by atoms with Crippen molar-refractivity contribution in [2.45, 2.75) is 26.0 Å². The van der Waals surface area contributed by atoms with Gasteiger partial charge in [-0.05, 0) is 17.4 Å². The lowest BCUT2D eigenvalue weighted by Crippen LogP contribution is -2.33. The van der Waals surface area contributed by atoms with Crippen molar-refractivity contribution >= 4 is 11.3 Å². The van der Waals surface area contributed by atoms with Crippen LogP contribution in [0.2, 0.25) is 0 Å². The Balaban J connectivity index is 2.65. The maximum atomic E-state index is 9.73. The molecule has 0 fully saturated rings. The molecule has 0 spiro atoms. The quantitative estimate of drug-likeness (QED) is 0.753. The summed E-state index contributed by atoms with van der Waals surface area (Å²) in [6, 6.07) is 3.68. The predicted octanol–water partition coefficient (Wildman–Crippen LogP) is 1.76. The molecule has 2 nitrogen and oxygen atoms in total. The molecule has 0 aliphatic carbocycles. The third-order valence-electron chi connectivity index (χ3n) is 1.97. The monoisotopic (exact) mass is 185 g/mol. The molecule has 0 saturated carbocycles. The Morgan fingerprint density at radius 1 is 1.50 bits per heavy atom. The molecule has 0 amide bonds. The van der Waals surface area contributed by atoms with Crippen molar-refractivity contribution in [3.63, 3.8) is 0 Å². The van der Waals surface area contributed by atoms with Gasteiger partial charge >= 0.3 is 0 Å². The average molecular weight is 185 g/mol. The fraction of sp³-hybridized carbons (Fsp3) is 0.556. The van der Waals surface area contributed by atoms with E-state index in [1.807, 2.05) is 31.4 Å². The molecular formula is C9H15NOS. The molecule has 2 unspecified atom stereocenters. The van der Waals surface area contributed by atoms with Crippen LogP contribution in [-0.4, -0.2) is 11.1 Å². The highest BCUT2D eigenvalue weighted by Crippen LogP contribution is 2.23. The topological polar surface area (TPSA) is 46.2 Å². The Kier molecular flexibility index (Phi) is 3.26. The van der Waals surface area contributed by atoms with Gasteiger partial charge in [-0.2, -0.15) is 0 Å². The van der Waals surface area contributed by atoms with Gasteiger partial charge in [0.05, 0.1) is 0 Å². The van der Waals surface area contributed by atoms with Gasteiger partial charge in [0, 0.05) is 10.9 Å². The van der Waals surface area contributed by atoms with Crippen molar-refractivity contribution in [3.05, 3.63) is 22.4 Å². The molecule has 3 N–H and O–H groups in total. The van der Waals surface area contributed by atoms with Crippen LogP contribution in [0.5, 0.6) is 0 Å². The number of aliphatic hydroxyl groups is 1. The molecule has 2 atom stereocenters. The number of nitrogens with two attached hydrogens (primary N) is 1. The van der Waals surface area contributed by atoms with E-state index in [1.165, 1.54) is 0 Å². The van der Waals surface area contributed by atoms with E-state index in [0.717, 1.165) is 4.88 Å². The highest BCUT2D eigenvalue weighted by Gasteiger charge is 2.20. The van der Waals surface area contributed by atoms with Gasteiger partial charge < -0.3 is 10.8 Å². The van der Waals surface area contributed by atoms with Gasteiger partial charge in [-0.1, -0.05) is 19.9 Å². The van der Waals surface area contributed by atoms with Gasteiger partial charge in [0.1, 0.15) is 6.10 Å². The Morgan fingerprint density at radius 2 is 2.17 bits per heavy atom. The molecule has 0 aromatic carbocycles. The second-order valence-electron chi connectivity index (χ2n) is 3.28. The maximum Gasteiger partial charge on any atom is 0.103 e. The molecule has 1 rings (SSSR count). The van der Waals surface area contributed by atoms with Crippen molar-refractivity contribution in [2.75, 3.05) is 0 Å². The average Bonchev–Trinajstić information content (AvgIpc) is 2.53. The minimum atomic E-state index is -0.509. The van der Waals surface area contributed by atoms with E-state index in [2.05, 4.69) is 0 Å². The van der Waals surface area contributed by atoms with Gasteiger partial charge in [0.25, 0.3) is 0 Å². The molecule has 0 radical (unpaired) electrons. The summed E-state index contributed by atoms with van der Waals surface area (Å²) >= 11 is 1.55. The minimum Gasteiger partial charge on any atom is -0.386 e. The molecule has 0 bridgehead atoms. The molecule has 0 saturated heterocycles. The Hall–Kier alpha value is -0.380. The standard InChI is InChI=1S/C9H15NOS/c1-6(2)8(10)9(11)7-4-3-5-12-7/h3-6,8-9,11H,10H2,1-2H3. The highest BCUT2D eigenvalue weighted by atomic mass is 32.1. The van der Waals surface area contributed by atoms with Crippen LogP contribution in [0.15, 0.2) is 17.5 Å². The fourth-order valence-electron chi connectivity index (χ4n) is 1.01. The Labute approximate surface area is 77.0 Å². The second-order valence-corrected chi connectivity index (χ2v) is 4.26. The molecule has 68 valence electrons. The zero-order chi connectivity index (χ0) is 9.14. The van der Waals surface area contributed by atoms with E-state index in [1.54, 1.807) is 11.3 Å². The lowest BCUT2D eigenvalue weighted by molar-refractivity contribution is 0.129. The molecule has 1 heterocycles. The third-order valence-corrected chi connectivity index (χ3v) is 2.91. The SMILES string of the molecule is CC(C)C(N)C(O)c1cccs1. The minimum absolute atomic E-state index is 0.163. The Morgan fingerprint density at radius 3 is 2.58 bits per heavy atom. The van der Waals surface area contributed by atoms with Crippen LogP contribution in [0, 0.1) is 5.92 Å². The molecule has 1 aromatic rings. The van der Waals surface area contributed by atoms with Crippen LogP contribution in [0.4, 0.5) is 0 Å². The molecule has 12 heavy (non-hydrogen) atoms. The van der Waals surface area contributed by atoms with Crippen LogP contribution >= 0.6 is 11.3 Å². The number of aliphatic hydroxyl groups excluding tert-OH is 1. The van der Waals surface area contributed by atoms with Gasteiger partial charge in [0.2, 0.25) is 0 Å². The highest BCUT2D eigenvalue weighted by molar-refractivity contribution is 7.10. The summed E-state index contributed by atoms with van der Waals surface area (Å²) < 4.78 is 0. The zero-order valence-corrected chi connectivity index (χ0v) is 8.21. The Bertz CT molecular complexity index is 220. The predicted molar refractivity (Wildman–Crippen MR) is 52.1 cm³/mol. The molecule has 1 aromatic heterocycles. The van der Waals surface area contributed by atoms with Crippen molar-refractivity contribution < 1.29 is 5.11 Å². The molecule has 3 heteroatoms. The smallest absolute Gasteiger partial charge is 0.103 e. The van der Waals surface area contributed by atoms with Crippen LogP contribution in [0.1, 0.15) is 24.8 Å². The summed E-state index contributed by atoms with van der Waals surface area (Å²) in [7, 11) is 0. The van der Waals surface area contributed by atoms with E-state index < -0.39 is 6.10 Å². The van der Waals surface area contributed by atoms with Crippen LogP contribution < -0.4 is 5.73 Å². The van der Waals surface area contributed by atoms with Crippen LogP contribution in [0.3, 0.4) is 0 Å². The van der Waals surface area contributed by atoms with Crippen LogP contribution in [0.25, 0.3) is 0 Å². The number of hydrogen-bond acceptors (Lipinski definition) is 3. The summed E-state index contributed by atoms with van der Waals surface area (Å²) in [5.41, 5.74) is 5.81.